The Bertz CT molecular complexity index is 581. The van der Waals surface area contributed by atoms with E-state index in [1.54, 1.807) is 12.1 Å². The van der Waals surface area contributed by atoms with Gasteiger partial charge in [0.05, 0.1) is 0 Å². The van der Waals surface area contributed by atoms with Gasteiger partial charge in [-0.05, 0) is 37.3 Å². The second-order valence-corrected chi connectivity index (χ2v) is 5.90. The second kappa shape index (κ2) is 5.05. The van der Waals surface area contributed by atoms with Crippen molar-refractivity contribution in [2.75, 3.05) is 19.6 Å². The molecule has 2 N–H and O–H groups in total. The summed E-state index contributed by atoms with van der Waals surface area (Å²) in [5.41, 5.74) is 0.767. The molecule has 3 heterocycles. The number of aromatic amines is 1. The molecule has 5 heteroatoms. The molecule has 0 aromatic carbocycles. The van der Waals surface area contributed by atoms with Crippen LogP contribution in [0.3, 0.4) is 0 Å². The summed E-state index contributed by atoms with van der Waals surface area (Å²) in [6.45, 7) is 6.66. The number of carbonyl (C=O) groups excluding carboxylic acids is 1. The molecule has 0 spiro atoms. The molecule has 1 amide bonds. The van der Waals surface area contributed by atoms with E-state index in [-0.39, 0.29) is 23.1 Å². The van der Waals surface area contributed by atoms with E-state index < -0.39 is 0 Å². The molecule has 2 aliphatic rings. The van der Waals surface area contributed by atoms with Crippen LogP contribution in [0.25, 0.3) is 0 Å². The van der Waals surface area contributed by atoms with Crippen molar-refractivity contribution in [3.63, 3.8) is 0 Å². The van der Waals surface area contributed by atoms with Crippen molar-refractivity contribution >= 4 is 5.91 Å². The van der Waals surface area contributed by atoms with Crippen LogP contribution in [0.5, 0.6) is 0 Å². The summed E-state index contributed by atoms with van der Waals surface area (Å²) < 4.78 is 0. The summed E-state index contributed by atoms with van der Waals surface area (Å²) in [7, 11) is 0. The second-order valence-electron chi connectivity index (χ2n) is 5.90. The Hall–Kier alpha value is -1.62. The highest BCUT2D eigenvalue weighted by molar-refractivity contribution is 5.94. The molecule has 0 aliphatic carbocycles. The van der Waals surface area contributed by atoms with E-state index in [0.29, 0.717) is 11.8 Å². The maximum Gasteiger partial charge on any atom is 0.260 e. The Morgan fingerprint density at radius 2 is 2.20 bits per heavy atom. The number of H-pyrrole nitrogens is 1. The number of amides is 1. The zero-order valence-corrected chi connectivity index (χ0v) is 12.0. The number of likely N-dealkylation sites (tertiary alicyclic amines) is 1. The van der Waals surface area contributed by atoms with Crippen LogP contribution < -0.4 is 10.9 Å². The van der Waals surface area contributed by atoms with E-state index in [2.05, 4.69) is 17.2 Å². The molecule has 0 radical (unpaired) electrons. The molecule has 20 heavy (non-hydrogen) atoms. The lowest BCUT2D eigenvalue weighted by Gasteiger charge is -2.26. The molecule has 1 aromatic heterocycles. The molecule has 0 saturated carbocycles. The SMILES string of the molecule is CCC1C2CNCC2CN1C(=O)c1ccc(C)[nH]c1=O. The van der Waals surface area contributed by atoms with Gasteiger partial charge in [0.25, 0.3) is 11.5 Å². The fourth-order valence-corrected chi connectivity index (χ4v) is 3.67. The monoisotopic (exact) mass is 275 g/mol. The quantitative estimate of drug-likeness (QED) is 0.837. The van der Waals surface area contributed by atoms with Crippen LogP contribution in [0.2, 0.25) is 0 Å². The maximum absolute atomic E-state index is 12.7. The Kier molecular flexibility index (Phi) is 3.38. The molecular weight excluding hydrogens is 254 g/mol. The number of fused-ring (bicyclic) bond motifs is 1. The Balaban J connectivity index is 1.88. The van der Waals surface area contributed by atoms with Crippen LogP contribution in [-0.4, -0.2) is 41.5 Å². The van der Waals surface area contributed by atoms with Crippen LogP contribution in [0.4, 0.5) is 0 Å². The minimum Gasteiger partial charge on any atom is -0.335 e. The lowest BCUT2D eigenvalue weighted by Crippen LogP contribution is -2.41. The van der Waals surface area contributed by atoms with Crippen LogP contribution in [0.15, 0.2) is 16.9 Å². The predicted octanol–water partition coefficient (Wildman–Crippen LogP) is 0.753. The van der Waals surface area contributed by atoms with E-state index in [1.165, 1.54) is 0 Å². The van der Waals surface area contributed by atoms with Crippen LogP contribution in [-0.2, 0) is 0 Å². The van der Waals surface area contributed by atoms with E-state index in [4.69, 9.17) is 0 Å². The van der Waals surface area contributed by atoms with E-state index in [9.17, 15) is 9.59 Å². The molecule has 1 aromatic rings. The molecule has 2 aliphatic heterocycles. The lowest BCUT2D eigenvalue weighted by atomic mass is 9.93. The molecule has 5 nitrogen and oxygen atoms in total. The minimum absolute atomic E-state index is 0.118. The van der Waals surface area contributed by atoms with Crippen molar-refractivity contribution in [2.24, 2.45) is 11.8 Å². The van der Waals surface area contributed by atoms with Gasteiger partial charge in [0.2, 0.25) is 0 Å². The van der Waals surface area contributed by atoms with Gasteiger partial charge in [-0.1, -0.05) is 6.92 Å². The molecule has 3 rings (SSSR count). The molecule has 3 atom stereocenters. The van der Waals surface area contributed by atoms with Crippen LogP contribution in [0.1, 0.15) is 29.4 Å². The highest BCUT2D eigenvalue weighted by atomic mass is 16.2. The third-order valence-corrected chi connectivity index (χ3v) is 4.68. The first-order chi connectivity index (χ1) is 9.61. The summed E-state index contributed by atoms with van der Waals surface area (Å²) >= 11 is 0. The zero-order valence-electron chi connectivity index (χ0n) is 12.0. The Morgan fingerprint density at radius 1 is 1.40 bits per heavy atom. The molecule has 2 saturated heterocycles. The first-order valence-electron chi connectivity index (χ1n) is 7.33. The van der Waals surface area contributed by atoms with Gasteiger partial charge in [0, 0.05) is 31.4 Å². The van der Waals surface area contributed by atoms with E-state index >= 15 is 0 Å². The first-order valence-corrected chi connectivity index (χ1v) is 7.33. The number of nitrogens with zero attached hydrogens (tertiary/aromatic N) is 1. The smallest absolute Gasteiger partial charge is 0.260 e. The van der Waals surface area contributed by atoms with E-state index in [1.807, 2.05) is 11.8 Å². The van der Waals surface area contributed by atoms with Crippen molar-refractivity contribution in [2.45, 2.75) is 26.3 Å². The predicted molar refractivity (Wildman–Crippen MR) is 76.8 cm³/mol. The van der Waals surface area contributed by atoms with Gasteiger partial charge in [-0.25, -0.2) is 0 Å². The first kappa shape index (κ1) is 13.4. The number of rotatable bonds is 2. The summed E-state index contributed by atoms with van der Waals surface area (Å²) in [5.74, 6) is 0.953. The van der Waals surface area contributed by atoms with Crippen molar-refractivity contribution in [1.29, 1.82) is 0 Å². The summed E-state index contributed by atoms with van der Waals surface area (Å²) in [5, 5.41) is 3.40. The number of aryl methyl sites for hydroxylation is 1. The van der Waals surface area contributed by atoms with Crippen molar-refractivity contribution in [3.8, 4) is 0 Å². The van der Waals surface area contributed by atoms with Crippen molar-refractivity contribution < 1.29 is 4.79 Å². The largest absolute Gasteiger partial charge is 0.335 e. The molecule has 0 bridgehead atoms. The van der Waals surface area contributed by atoms with Crippen molar-refractivity contribution in [3.05, 3.63) is 33.7 Å². The third-order valence-electron chi connectivity index (χ3n) is 4.68. The topological polar surface area (TPSA) is 65.2 Å². The van der Waals surface area contributed by atoms with Crippen LogP contribution in [0, 0.1) is 18.8 Å². The number of nitrogens with one attached hydrogen (secondary N) is 2. The van der Waals surface area contributed by atoms with Crippen molar-refractivity contribution in [1.82, 2.24) is 15.2 Å². The molecule has 108 valence electrons. The summed E-state index contributed by atoms with van der Waals surface area (Å²) in [6.07, 6.45) is 0.943. The fraction of sp³-hybridized carbons (Fsp3) is 0.600. The Labute approximate surface area is 118 Å². The van der Waals surface area contributed by atoms with Gasteiger partial charge in [-0.2, -0.15) is 0 Å². The van der Waals surface area contributed by atoms with Gasteiger partial charge < -0.3 is 15.2 Å². The maximum atomic E-state index is 12.7. The van der Waals surface area contributed by atoms with Gasteiger partial charge in [-0.3, -0.25) is 9.59 Å². The van der Waals surface area contributed by atoms with Crippen LogP contribution >= 0.6 is 0 Å². The third kappa shape index (κ3) is 2.06. The molecule has 2 fully saturated rings. The highest BCUT2D eigenvalue weighted by Gasteiger charge is 2.45. The van der Waals surface area contributed by atoms with E-state index in [0.717, 1.165) is 31.7 Å². The standard InChI is InChI=1S/C15H21N3O2/c1-3-13-12-7-16-6-10(12)8-18(13)15(20)11-5-4-9(2)17-14(11)19/h4-5,10,12-13,16H,3,6-8H2,1-2H3,(H,17,19). The summed E-state index contributed by atoms with van der Waals surface area (Å²) in [6, 6.07) is 3.69. The number of pyridine rings is 1. The summed E-state index contributed by atoms with van der Waals surface area (Å²) in [4.78, 5) is 29.3. The molecular formula is C15H21N3O2. The average Bonchev–Trinajstić information content (AvgIpc) is 2.97. The Morgan fingerprint density at radius 3 is 2.90 bits per heavy atom. The van der Waals surface area contributed by atoms with Gasteiger partial charge >= 0.3 is 0 Å². The number of carbonyl (C=O) groups is 1. The molecule has 3 unspecified atom stereocenters. The van der Waals surface area contributed by atoms with Gasteiger partial charge in [0.1, 0.15) is 5.56 Å². The van der Waals surface area contributed by atoms with Gasteiger partial charge in [0.15, 0.2) is 0 Å². The number of hydrogen-bond acceptors (Lipinski definition) is 3. The van der Waals surface area contributed by atoms with Gasteiger partial charge in [-0.15, -0.1) is 0 Å². The minimum atomic E-state index is -0.278. The number of aromatic nitrogens is 1. The normalized spacial score (nSPS) is 28.7. The lowest BCUT2D eigenvalue weighted by molar-refractivity contribution is 0.0710. The average molecular weight is 275 g/mol. The zero-order chi connectivity index (χ0) is 14.3. The number of hydrogen-bond donors (Lipinski definition) is 2. The fourth-order valence-electron chi connectivity index (χ4n) is 3.67. The highest BCUT2D eigenvalue weighted by Crippen LogP contribution is 2.34.